The van der Waals surface area contributed by atoms with Crippen LogP contribution in [-0.4, -0.2) is 82.2 Å². The molecule has 0 aliphatic carbocycles. The Balaban J connectivity index is 1.54. The van der Waals surface area contributed by atoms with Gasteiger partial charge in [0.2, 0.25) is 0 Å². The molecule has 1 atom stereocenters. The van der Waals surface area contributed by atoms with E-state index in [4.69, 9.17) is 14.2 Å². The van der Waals surface area contributed by atoms with Gasteiger partial charge in [0.15, 0.2) is 5.96 Å². The van der Waals surface area contributed by atoms with Gasteiger partial charge in [-0.05, 0) is 71.1 Å². The predicted octanol–water partition coefficient (Wildman–Crippen LogP) is 3.02. The quantitative estimate of drug-likeness (QED) is 0.326. The standard InChI is InChI=1S/C23H44N4O4/c1-23(2,3)31-22(28)27-13-5-7-19(17-27)8-12-26-21(24-4)25-11-6-14-30-18-20-9-15-29-16-10-20/h19-20H,5-18H2,1-4H3,(H2,24,25,26). The highest BCUT2D eigenvalue weighted by Crippen LogP contribution is 2.21. The molecular weight excluding hydrogens is 396 g/mol. The smallest absolute Gasteiger partial charge is 0.410 e. The summed E-state index contributed by atoms with van der Waals surface area (Å²) in [5, 5.41) is 6.74. The number of piperidine rings is 1. The maximum atomic E-state index is 12.3. The number of amides is 1. The summed E-state index contributed by atoms with van der Waals surface area (Å²) in [5.74, 6) is 1.97. The molecule has 1 amide bonds. The van der Waals surface area contributed by atoms with Gasteiger partial charge in [0.05, 0.1) is 0 Å². The lowest BCUT2D eigenvalue weighted by molar-refractivity contribution is 0.0162. The molecule has 0 aromatic rings. The van der Waals surface area contributed by atoms with Crippen molar-refractivity contribution in [3.05, 3.63) is 0 Å². The summed E-state index contributed by atoms with van der Waals surface area (Å²) in [6.07, 6.45) is 6.19. The van der Waals surface area contributed by atoms with Crippen LogP contribution in [0.1, 0.15) is 59.3 Å². The van der Waals surface area contributed by atoms with Crippen LogP contribution >= 0.6 is 0 Å². The summed E-state index contributed by atoms with van der Waals surface area (Å²) in [7, 11) is 1.79. The van der Waals surface area contributed by atoms with E-state index in [1.54, 1.807) is 7.05 Å². The number of aliphatic imine (C=N–C) groups is 1. The van der Waals surface area contributed by atoms with Crippen LogP contribution in [0, 0.1) is 11.8 Å². The number of carbonyl (C=O) groups is 1. The van der Waals surface area contributed by atoms with Crippen LogP contribution in [0.2, 0.25) is 0 Å². The zero-order chi connectivity index (χ0) is 22.5. The molecule has 2 N–H and O–H groups in total. The van der Waals surface area contributed by atoms with E-state index in [-0.39, 0.29) is 6.09 Å². The molecule has 2 saturated heterocycles. The molecule has 180 valence electrons. The van der Waals surface area contributed by atoms with E-state index in [2.05, 4.69) is 15.6 Å². The molecular formula is C23H44N4O4. The Hall–Kier alpha value is -1.54. The van der Waals surface area contributed by atoms with Crippen molar-refractivity contribution in [1.29, 1.82) is 0 Å². The zero-order valence-corrected chi connectivity index (χ0v) is 20.1. The average molecular weight is 441 g/mol. The van der Waals surface area contributed by atoms with E-state index in [9.17, 15) is 4.79 Å². The molecule has 2 heterocycles. The monoisotopic (exact) mass is 440 g/mol. The Bertz CT molecular complexity index is 544. The van der Waals surface area contributed by atoms with Crippen LogP contribution in [0.25, 0.3) is 0 Å². The first-order chi connectivity index (χ1) is 14.9. The van der Waals surface area contributed by atoms with Crippen molar-refractivity contribution in [2.24, 2.45) is 16.8 Å². The van der Waals surface area contributed by atoms with Gasteiger partial charge < -0.3 is 29.7 Å². The van der Waals surface area contributed by atoms with E-state index in [1.807, 2.05) is 25.7 Å². The minimum absolute atomic E-state index is 0.193. The fraction of sp³-hybridized carbons (Fsp3) is 0.913. The lowest BCUT2D eigenvalue weighted by Crippen LogP contribution is -2.44. The third kappa shape index (κ3) is 11.1. The number of rotatable bonds is 9. The summed E-state index contributed by atoms with van der Waals surface area (Å²) < 4.78 is 16.7. The molecule has 2 fully saturated rings. The number of guanidine groups is 1. The van der Waals surface area contributed by atoms with Gasteiger partial charge in [-0.25, -0.2) is 4.79 Å². The molecule has 0 spiro atoms. The van der Waals surface area contributed by atoms with E-state index < -0.39 is 5.60 Å². The summed E-state index contributed by atoms with van der Waals surface area (Å²) in [5.41, 5.74) is -0.445. The maximum absolute atomic E-state index is 12.3. The SMILES string of the molecule is CN=C(NCCCOCC1CCOCC1)NCCC1CCCN(C(=O)OC(C)(C)C)C1. The third-order valence-electron chi connectivity index (χ3n) is 5.69. The molecule has 2 aliphatic rings. The van der Waals surface area contributed by atoms with Gasteiger partial charge in [-0.2, -0.15) is 0 Å². The molecule has 0 radical (unpaired) electrons. The molecule has 8 heteroatoms. The molecule has 31 heavy (non-hydrogen) atoms. The lowest BCUT2D eigenvalue weighted by Gasteiger charge is -2.34. The van der Waals surface area contributed by atoms with E-state index in [0.717, 1.165) is 97.1 Å². The highest BCUT2D eigenvalue weighted by atomic mass is 16.6. The van der Waals surface area contributed by atoms with Crippen molar-refractivity contribution in [1.82, 2.24) is 15.5 Å². The number of hydrogen-bond donors (Lipinski definition) is 2. The topological polar surface area (TPSA) is 84.4 Å². The number of hydrogen-bond acceptors (Lipinski definition) is 5. The minimum atomic E-state index is -0.445. The van der Waals surface area contributed by atoms with Crippen molar-refractivity contribution < 1.29 is 19.0 Å². The number of nitrogens with one attached hydrogen (secondary N) is 2. The number of ether oxygens (including phenoxy) is 3. The fourth-order valence-electron chi connectivity index (χ4n) is 3.95. The van der Waals surface area contributed by atoms with Crippen LogP contribution in [0.4, 0.5) is 4.79 Å². The average Bonchev–Trinajstić information content (AvgIpc) is 2.74. The maximum Gasteiger partial charge on any atom is 0.410 e. The molecule has 0 aromatic carbocycles. The minimum Gasteiger partial charge on any atom is -0.444 e. The Morgan fingerprint density at radius 3 is 2.58 bits per heavy atom. The van der Waals surface area contributed by atoms with Crippen LogP contribution in [-0.2, 0) is 14.2 Å². The van der Waals surface area contributed by atoms with Gasteiger partial charge in [0.25, 0.3) is 0 Å². The van der Waals surface area contributed by atoms with Crippen molar-refractivity contribution in [3.8, 4) is 0 Å². The highest BCUT2D eigenvalue weighted by Gasteiger charge is 2.27. The Morgan fingerprint density at radius 1 is 1.13 bits per heavy atom. The first-order valence-electron chi connectivity index (χ1n) is 12.0. The molecule has 0 aromatic heterocycles. The van der Waals surface area contributed by atoms with Crippen LogP contribution in [0.5, 0.6) is 0 Å². The Labute approximate surface area is 188 Å². The Morgan fingerprint density at radius 2 is 1.87 bits per heavy atom. The molecule has 2 rings (SSSR count). The van der Waals surface area contributed by atoms with Crippen molar-refractivity contribution in [2.45, 2.75) is 64.9 Å². The summed E-state index contributed by atoms with van der Waals surface area (Å²) in [4.78, 5) is 18.5. The van der Waals surface area contributed by atoms with Crippen LogP contribution in [0.3, 0.4) is 0 Å². The van der Waals surface area contributed by atoms with Gasteiger partial charge in [0, 0.05) is 59.7 Å². The third-order valence-corrected chi connectivity index (χ3v) is 5.69. The van der Waals surface area contributed by atoms with E-state index >= 15 is 0 Å². The van der Waals surface area contributed by atoms with Crippen LogP contribution < -0.4 is 10.6 Å². The normalized spacial score (nSPS) is 21.1. The van der Waals surface area contributed by atoms with E-state index in [0.29, 0.717) is 11.8 Å². The van der Waals surface area contributed by atoms with Crippen LogP contribution in [0.15, 0.2) is 4.99 Å². The fourth-order valence-corrected chi connectivity index (χ4v) is 3.95. The second-order valence-corrected chi connectivity index (χ2v) is 9.63. The second kappa shape index (κ2) is 13.8. The molecule has 0 saturated carbocycles. The Kier molecular flexibility index (Phi) is 11.4. The number of nitrogens with zero attached hydrogens (tertiary/aromatic N) is 2. The van der Waals surface area contributed by atoms with Gasteiger partial charge in [-0.3, -0.25) is 4.99 Å². The molecule has 2 aliphatic heterocycles. The van der Waals surface area contributed by atoms with Gasteiger partial charge in [0.1, 0.15) is 5.60 Å². The molecule has 1 unspecified atom stereocenters. The largest absolute Gasteiger partial charge is 0.444 e. The molecule has 8 nitrogen and oxygen atoms in total. The first kappa shape index (κ1) is 25.7. The van der Waals surface area contributed by atoms with Gasteiger partial charge in [-0.1, -0.05) is 0 Å². The van der Waals surface area contributed by atoms with Crippen molar-refractivity contribution in [2.75, 3.05) is 59.7 Å². The predicted molar refractivity (Wildman–Crippen MR) is 123 cm³/mol. The van der Waals surface area contributed by atoms with Gasteiger partial charge >= 0.3 is 6.09 Å². The first-order valence-corrected chi connectivity index (χ1v) is 12.0. The number of carbonyl (C=O) groups excluding carboxylic acids is 1. The summed E-state index contributed by atoms with van der Waals surface area (Å²) in [6.45, 7) is 12.3. The van der Waals surface area contributed by atoms with Crippen molar-refractivity contribution in [3.63, 3.8) is 0 Å². The highest BCUT2D eigenvalue weighted by molar-refractivity contribution is 5.79. The molecule has 0 bridgehead atoms. The van der Waals surface area contributed by atoms with Crippen molar-refractivity contribution >= 4 is 12.1 Å². The lowest BCUT2D eigenvalue weighted by atomic mass is 9.95. The number of likely N-dealkylation sites (tertiary alicyclic amines) is 1. The van der Waals surface area contributed by atoms with E-state index in [1.165, 1.54) is 0 Å². The summed E-state index contributed by atoms with van der Waals surface area (Å²) in [6, 6.07) is 0. The second-order valence-electron chi connectivity index (χ2n) is 9.63. The summed E-state index contributed by atoms with van der Waals surface area (Å²) >= 11 is 0. The van der Waals surface area contributed by atoms with Gasteiger partial charge in [-0.15, -0.1) is 0 Å². The zero-order valence-electron chi connectivity index (χ0n) is 20.1.